The van der Waals surface area contributed by atoms with Gasteiger partial charge in [0.05, 0.1) is 17.9 Å². The minimum absolute atomic E-state index is 0.570. The van der Waals surface area contributed by atoms with Crippen molar-refractivity contribution < 1.29 is 17.9 Å². The Morgan fingerprint density at radius 2 is 1.91 bits per heavy atom. The Morgan fingerprint density at radius 1 is 1.18 bits per heavy atom. The molecule has 1 unspecified atom stereocenters. The number of aryl methyl sites for hydroxylation is 1. The Labute approximate surface area is 197 Å². The molecule has 1 heterocycles. The van der Waals surface area contributed by atoms with Crippen LogP contribution in [-0.4, -0.2) is 11.7 Å². The van der Waals surface area contributed by atoms with Crippen LogP contribution in [-0.2, 0) is 12.6 Å². The van der Waals surface area contributed by atoms with Gasteiger partial charge in [0.2, 0.25) is 0 Å². The molecule has 0 saturated heterocycles. The van der Waals surface area contributed by atoms with Gasteiger partial charge >= 0.3 is 6.18 Å². The predicted octanol–water partition coefficient (Wildman–Crippen LogP) is 7.69. The Hall–Kier alpha value is -2.67. The number of halogens is 3. The summed E-state index contributed by atoms with van der Waals surface area (Å²) in [7, 11) is 0. The second-order valence-electron chi connectivity index (χ2n) is 8.44. The van der Waals surface area contributed by atoms with E-state index in [-0.39, 0.29) is 0 Å². The number of nitrogens with zero attached hydrogens (tertiary/aromatic N) is 2. The van der Waals surface area contributed by atoms with E-state index in [9.17, 15) is 13.2 Å². The zero-order valence-electron chi connectivity index (χ0n) is 18.7. The van der Waals surface area contributed by atoms with Gasteiger partial charge in [-0.2, -0.15) is 13.2 Å². The highest BCUT2D eigenvalue weighted by Gasteiger charge is 2.30. The standard InChI is InChI=1S/C26H27F3N2OS/c1-4-19-15-22(9-12-24(19)32-16-17(2)20-5-6-20)31-14-13-30-25(18(31)3)33-23-10-7-21(8-11-23)26(27,28)29/h7-15,17,20H,3-6,16H2,1-2H3. The van der Waals surface area contributed by atoms with Crippen molar-refractivity contribution in [3.8, 4) is 5.75 Å². The van der Waals surface area contributed by atoms with Gasteiger partial charge in [-0.15, -0.1) is 0 Å². The Kier molecular flexibility index (Phi) is 6.88. The fraction of sp³-hybridized carbons (Fsp3) is 0.346. The zero-order chi connectivity index (χ0) is 23.6. The monoisotopic (exact) mass is 472 g/mol. The van der Waals surface area contributed by atoms with Crippen LogP contribution in [0.1, 0.15) is 37.8 Å². The van der Waals surface area contributed by atoms with Crippen LogP contribution in [0.2, 0.25) is 0 Å². The van der Waals surface area contributed by atoms with Crippen LogP contribution in [0.25, 0.3) is 0 Å². The van der Waals surface area contributed by atoms with E-state index in [1.807, 2.05) is 23.2 Å². The SMILES string of the molecule is C=C1C(Sc2ccc(C(F)(F)F)cc2)=NC=CN1c1ccc(OCC(C)C2CC2)c(CC)c1. The highest BCUT2D eigenvalue weighted by molar-refractivity contribution is 8.14. The molecular weight excluding hydrogens is 445 g/mol. The number of rotatable bonds is 7. The summed E-state index contributed by atoms with van der Waals surface area (Å²) in [5.41, 5.74) is 2.06. The molecule has 33 heavy (non-hydrogen) atoms. The molecule has 1 aliphatic heterocycles. The Morgan fingerprint density at radius 3 is 2.55 bits per heavy atom. The first kappa shape index (κ1) is 23.5. The average Bonchev–Trinajstić information content (AvgIpc) is 3.64. The fourth-order valence-electron chi connectivity index (χ4n) is 3.74. The van der Waals surface area contributed by atoms with Gasteiger partial charge in [0.1, 0.15) is 10.8 Å². The van der Waals surface area contributed by atoms with Crippen molar-refractivity contribution in [3.63, 3.8) is 0 Å². The summed E-state index contributed by atoms with van der Waals surface area (Å²) in [4.78, 5) is 7.00. The van der Waals surface area contributed by atoms with E-state index in [0.717, 1.165) is 48.1 Å². The number of anilines is 1. The van der Waals surface area contributed by atoms with Crippen molar-refractivity contribution in [2.24, 2.45) is 16.8 Å². The van der Waals surface area contributed by atoms with E-state index in [0.29, 0.717) is 21.6 Å². The molecule has 2 aromatic rings. The van der Waals surface area contributed by atoms with Crippen molar-refractivity contribution in [1.29, 1.82) is 0 Å². The second kappa shape index (κ2) is 9.67. The highest BCUT2D eigenvalue weighted by atomic mass is 32.2. The van der Waals surface area contributed by atoms with Crippen LogP contribution in [0.4, 0.5) is 18.9 Å². The van der Waals surface area contributed by atoms with Crippen LogP contribution in [0.15, 0.2) is 77.0 Å². The van der Waals surface area contributed by atoms with Crippen molar-refractivity contribution in [2.75, 3.05) is 11.5 Å². The van der Waals surface area contributed by atoms with Gasteiger partial charge in [0, 0.05) is 23.0 Å². The molecule has 0 amide bonds. The normalized spacial score (nSPS) is 17.2. The lowest BCUT2D eigenvalue weighted by Gasteiger charge is -2.27. The van der Waals surface area contributed by atoms with Gasteiger partial charge in [-0.25, -0.2) is 4.99 Å². The second-order valence-corrected chi connectivity index (χ2v) is 9.51. The number of benzene rings is 2. The van der Waals surface area contributed by atoms with Crippen molar-refractivity contribution in [1.82, 2.24) is 0 Å². The third kappa shape index (κ3) is 5.64. The topological polar surface area (TPSA) is 24.8 Å². The molecule has 0 spiro atoms. The van der Waals surface area contributed by atoms with Gasteiger partial charge in [-0.3, -0.25) is 0 Å². The van der Waals surface area contributed by atoms with E-state index in [4.69, 9.17) is 4.74 Å². The number of aliphatic imine (C=N–C) groups is 1. The number of alkyl halides is 3. The molecule has 7 heteroatoms. The number of hydrogen-bond donors (Lipinski definition) is 0. The molecule has 0 bridgehead atoms. The highest BCUT2D eigenvalue weighted by Crippen LogP contribution is 2.38. The molecule has 2 aromatic carbocycles. The third-order valence-electron chi connectivity index (χ3n) is 5.97. The zero-order valence-corrected chi connectivity index (χ0v) is 19.5. The summed E-state index contributed by atoms with van der Waals surface area (Å²) in [6.45, 7) is 9.26. The Balaban J connectivity index is 1.45. The minimum Gasteiger partial charge on any atom is -0.493 e. The summed E-state index contributed by atoms with van der Waals surface area (Å²) < 4.78 is 44.6. The van der Waals surface area contributed by atoms with Crippen LogP contribution in [0, 0.1) is 11.8 Å². The van der Waals surface area contributed by atoms with Gasteiger partial charge < -0.3 is 9.64 Å². The summed E-state index contributed by atoms with van der Waals surface area (Å²) in [5, 5.41) is 0.633. The quantitative estimate of drug-likeness (QED) is 0.413. The molecule has 3 nitrogen and oxygen atoms in total. The van der Waals surface area contributed by atoms with E-state index in [2.05, 4.69) is 31.5 Å². The van der Waals surface area contributed by atoms with Crippen LogP contribution < -0.4 is 9.64 Å². The number of thioether (sulfide) groups is 1. The molecule has 4 rings (SSSR count). The first-order chi connectivity index (χ1) is 15.8. The molecule has 1 fully saturated rings. The van der Waals surface area contributed by atoms with E-state index in [1.54, 1.807) is 6.20 Å². The lowest BCUT2D eigenvalue weighted by Crippen LogP contribution is -2.22. The van der Waals surface area contributed by atoms with E-state index < -0.39 is 11.7 Å². The van der Waals surface area contributed by atoms with Gasteiger partial charge in [-0.1, -0.05) is 32.2 Å². The Bertz CT molecular complexity index is 1070. The molecule has 0 radical (unpaired) electrons. The fourth-order valence-corrected chi connectivity index (χ4v) is 4.57. The maximum absolute atomic E-state index is 12.8. The van der Waals surface area contributed by atoms with Gasteiger partial charge in [0.25, 0.3) is 0 Å². The van der Waals surface area contributed by atoms with Crippen molar-refractivity contribution in [3.05, 3.63) is 78.3 Å². The van der Waals surface area contributed by atoms with E-state index >= 15 is 0 Å². The summed E-state index contributed by atoms with van der Waals surface area (Å²) in [6, 6.07) is 11.2. The molecule has 0 aromatic heterocycles. The lowest BCUT2D eigenvalue weighted by molar-refractivity contribution is -0.137. The van der Waals surface area contributed by atoms with Gasteiger partial charge in [0.15, 0.2) is 0 Å². The molecule has 174 valence electrons. The number of ether oxygens (including phenoxy) is 1. The third-order valence-corrected chi connectivity index (χ3v) is 7.02. The first-order valence-corrected chi connectivity index (χ1v) is 11.9. The largest absolute Gasteiger partial charge is 0.493 e. The summed E-state index contributed by atoms with van der Waals surface area (Å²) >= 11 is 1.29. The van der Waals surface area contributed by atoms with Crippen molar-refractivity contribution >= 4 is 22.5 Å². The maximum Gasteiger partial charge on any atom is 0.416 e. The minimum atomic E-state index is -4.35. The molecule has 1 atom stereocenters. The van der Waals surface area contributed by atoms with Gasteiger partial charge in [-0.05, 0) is 79.1 Å². The van der Waals surface area contributed by atoms with Crippen LogP contribution in [0.5, 0.6) is 5.75 Å². The summed E-state index contributed by atoms with van der Waals surface area (Å²) in [5.74, 6) is 2.28. The maximum atomic E-state index is 12.8. The summed E-state index contributed by atoms with van der Waals surface area (Å²) in [6.07, 6.45) is 2.62. The van der Waals surface area contributed by atoms with Crippen LogP contribution >= 0.6 is 11.8 Å². The molecule has 1 aliphatic carbocycles. The molecule has 1 saturated carbocycles. The average molecular weight is 473 g/mol. The van der Waals surface area contributed by atoms with E-state index in [1.165, 1.54) is 36.7 Å². The number of hydrogen-bond acceptors (Lipinski definition) is 4. The predicted molar refractivity (Wildman–Crippen MR) is 129 cm³/mol. The lowest BCUT2D eigenvalue weighted by atomic mass is 10.1. The van der Waals surface area contributed by atoms with Crippen molar-refractivity contribution in [2.45, 2.75) is 44.2 Å². The first-order valence-electron chi connectivity index (χ1n) is 11.1. The molecular formula is C26H27F3N2OS. The van der Waals surface area contributed by atoms with Crippen LogP contribution in [0.3, 0.4) is 0 Å². The molecule has 0 N–H and O–H groups in total. The molecule has 2 aliphatic rings. The smallest absolute Gasteiger partial charge is 0.416 e.